The summed E-state index contributed by atoms with van der Waals surface area (Å²) in [6.07, 6.45) is 9.86. The fourth-order valence-electron chi connectivity index (χ4n) is 6.24. The van der Waals surface area contributed by atoms with Gasteiger partial charge in [0, 0.05) is 19.7 Å². The average Bonchev–Trinajstić information content (AvgIpc) is 3.23. The van der Waals surface area contributed by atoms with Crippen molar-refractivity contribution in [2.24, 2.45) is 23.2 Å². The second-order valence-corrected chi connectivity index (χ2v) is 8.72. The molecule has 0 aromatic carbocycles. The highest BCUT2D eigenvalue weighted by Gasteiger charge is 2.51. The SMILES string of the molecule is CN(CC12CC3CC(CC(C3)C1)C2)C(=O)c1cc(-c2ccco2)[nH]n1. The number of aromatic amines is 1. The molecule has 4 saturated carbocycles. The fraction of sp³-hybridized carbons (Fsp3) is 0.600. The van der Waals surface area contributed by atoms with E-state index >= 15 is 0 Å². The van der Waals surface area contributed by atoms with Gasteiger partial charge in [0.05, 0.1) is 6.26 Å². The molecule has 2 aromatic heterocycles. The molecule has 5 heteroatoms. The maximum absolute atomic E-state index is 12.9. The second kappa shape index (κ2) is 5.48. The topological polar surface area (TPSA) is 62.1 Å². The molecule has 132 valence electrons. The van der Waals surface area contributed by atoms with Crippen LogP contribution in [0.25, 0.3) is 11.5 Å². The first kappa shape index (κ1) is 15.2. The van der Waals surface area contributed by atoms with Gasteiger partial charge in [0.15, 0.2) is 11.5 Å². The average molecular weight is 339 g/mol. The molecule has 0 aliphatic heterocycles. The molecule has 4 fully saturated rings. The first-order valence-electron chi connectivity index (χ1n) is 9.45. The summed E-state index contributed by atoms with van der Waals surface area (Å²) in [5.41, 5.74) is 1.58. The third-order valence-corrected chi connectivity index (χ3v) is 6.67. The number of nitrogens with zero attached hydrogens (tertiary/aromatic N) is 2. The Morgan fingerprint density at radius 2 is 1.96 bits per heavy atom. The van der Waals surface area contributed by atoms with Crippen molar-refractivity contribution in [2.45, 2.75) is 38.5 Å². The number of amides is 1. The van der Waals surface area contributed by atoms with Crippen LogP contribution in [0.15, 0.2) is 28.9 Å². The van der Waals surface area contributed by atoms with Gasteiger partial charge in [-0.25, -0.2) is 0 Å². The minimum atomic E-state index is 0.00445. The molecule has 2 heterocycles. The molecular weight excluding hydrogens is 314 g/mol. The van der Waals surface area contributed by atoms with E-state index in [9.17, 15) is 4.79 Å². The zero-order valence-electron chi connectivity index (χ0n) is 14.7. The Labute approximate surface area is 147 Å². The van der Waals surface area contributed by atoms with Crippen molar-refractivity contribution in [1.29, 1.82) is 0 Å². The number of carbonyl (C=O) groups excluding carboxylic acids is 1. The lowest BCUT2D eigenvalue weighted by Gasteiger charge is -2.57. The zero-order valence-corrected chi connectivity index (χ0v) is 14.7. The summed E-state index contributed by atoms with van der Waals surface area (Å²) in [4.78, 5) is 14.8. The highest BCUT2D eigenvalue weighted by molar-refractivity contribution is 5.93. The van der Waals surface area contributed by atoms with Crippen molar-refractivity contribution >= 4 is 5.91 Å². The molecule has 4 bridgehead atoms. The van der Waals surface area contributed by atoms with Gasteiger partial charge in [-0.2, -0.15) is 5.10 Å². The van der Waals surface area contributed by atoms with Crippen LogP contribution in [0, 0.1) is 23.2 Å². The smallest absolute Gasteiger partial charge is 0.274 e. The van der Waals surface area contributed by atoms with E-state index in [-0.39, 0.29) is 5.91 Å². The first-order valence-corrected chi connectivity index (χ1v) is 9.45. The van der Waals surface area contributed by atoms with Crippen LogP contribution in [0.1, 0.15) is 49.0 Å². The normalized spacial score (nSPS) is 32.9. The van der Waals surface area contributed by atoms with Crippen molar-refractivity contribution in [1.82, 2.24) is 15.1 Å². The molecule has 2 aromatic rings. The number of rotatable bonds is 4. The number of hydrogen-bond acceptors (Lipinski definition) is 3. The van der Waals surface area contributed by atoms with Gasteiger partial charge in [0.1, 0.15) is 5.69 Å². The van der Waals surface area contributed by atoms with E-state index in [4.69, 9.17) is 4.42 Å². The Bertz CT molecular complexity index is 741. The third kappa shape index (κ3) is 2.60. The molecule has 1 amide bonds. The molecule has 0 spiro atoms. The van der Waals surface area contributed by atoms with E-state index in [0.717, 1.165) is 30.0 Å². The van der Waals surface area contributed by atoms with Gasteiger partial charge >= 0.3 is 0 Å². The number of H-pyrrole nitrogens is 1. The van der Waals surface area contributed by atoms with E-state index in [0.29, 0.717) is 16.9 Å². The molecule has 5 nitrogen and oxygen atoms in total. The monoisotopic (exact) mass is 339 g/mol. The predicted octanol–water partition coefficient (Wildman–Crippen LogP) is 3.96. The number of aromatic nitrogens is 2. The molecule has 6 rings (SSSR count). The van der Waals surface area contributed by atoms with Crippen LogP contribution in [-0.2, 0) is 0 Å². The van der Waals surface area contributed by atoms with Gasteiger partial charge < -0.3 is 9.32 Å². The molecule has 4 aliphatic carbocycles. The van der Waals surface area contributed by atoms with Crippen LogP contribution in [0.2, 0.25) is 0 Å². The molecule has 0 saturated heterocycles. The Morgan fingerprint density at radius 3 is 2.56 bits per heavy atom. The summed E-state index contributed by atoms with van der Waals surface area (Å²) in [5, 5.41) is 7.12. The number of carbonyl (C=O) groups is 1. The number of hydrogen-bond donors (Lipinski definition) is 1. The van der Waals surface area contributed by atoms with Crippen LogP contribution in [0.5, 0.6) is 0 Å². The van der Waals surface area contributed by atoms with Gasteiger partial charge in [-0.1, -0.05) is 0 Å². The van der Waals surface area contributed by atoms with Gasteiger partial charge in [0.2, 0.25) is 0 Å². The van der Waals surface area contributed by atoms with Crippen molar-refractivity contribution in [3.05, 3.63) is 30.2 Å². The summed E-state index contributed by atoms with van der Waals surface area (Å²) >= 11 is 0. The number of furan rings is 1. The third-order valence-electron chi connectivity index (χ3n) is 6.67. The standard InChI is InChI=1S/C20H25N3O2/c1-23(12-20-9-13-5-14(10-20)7-15(6-13)11-20)19(24)17-8-16(21-22-17)18-3-2-4-25-18/h2-4,8,13-15H,5-7,9-12H2,1H3,(H,21,22). The summed E-state index contributed by atoms with van der Waals surface area (Å²) in [6, 6.07) is 5.48. The molecule has 1 N–H and O–H groups in total. The Balaban J connectivity index is 1.31. The van der Waals surface area contributed by atoms with Gasteiger partial charge in [0.25, 0.3) is 5.91 Å². The summed E-state index contributed by atoms with van der Waals surface area (Å²) in [7, 11) is 1.93. The Hall–Kier alpha value is -2.04. The fourth-order valence-corrected chi connectivity index (χ4v) is 6.24. The van der Waals surface area contributed by atoms with E-state index in [1.807, 2.05) is 24.1 Å². The van der Waals surface area contributed by atoms with Crippen LogP contribution in [-0.4, -0.2) is 34.6 Å². The zero-order chi connectivity index (χ0) is 17.0. The van der Waals surface area contributed by atoms with E-state index < -0.39 is 0 Å². The minimum absolute atomic E-state index is 0.00445. The van der Waals surface area contributed by atoms with Gasteiger partial charge in [-0.15, -0.1) is 0 Å². The van der Waals surface area contributed by atoms with Crippen molar-refractivity contribution in [3.8, 4) is 11.5 Å². The van der Waals surface area contributed by atoms with Crippen LogP contribution < -0.4 is 0 Å². The summed E-state index contributed by atoms with van der Waals surface area (Å²) < 4.78 is 5.37. The lowest BCUT2D eigenvalue weighted by molar-refractivity contribution is -0.0629. The van der Waals surface area contributed by atoms with Crippen molar-refractivity contribution in [3.63, 3.8) is 0 Å². The van der Waals surface area contributed by atoms with Crippen LogP contribution in [0.3, 0.4) is 0 Å². The lowest BCUT2D eigenvalue weighted by atomic mass is 9.49. The number of nitrogens with one attached hydrogen (secondary N) is 1. The molecule has 0 atom stereocenters. The Morgan fingerprint density at radius 1 is 1.28 bits per heavy atom. The van der Waals surface area contributed by atoms with Gasteiger partial charge in [-0.3, -0.25) is 9.89 Å². The van der Waals surface area contributed by atoms with E-state index in [1.165, 1.54) is 38.5 Å². The largest absolute Gasteiger partial charge is 0.463 e. The second-order valence-electron chi connectivity index (χ2n) is 8.72. The summed E-state index contributed by atoms with van der Waals surface area (Å²) in [6.45, 7) is 0.873. The quantitative estimate of drug-likeness (QED) is 0.917. The maximum atomic E-state index is 12.9. The molecule has 0 unspecified atom stereocenters. The van der Waals surface area contributed by atoms with Crippen LogP contribution >= 0.6 is 0 Å². The predicted molar refractivity (Wildman–Crippen MR) is 93.9 cm³/mol. The van der Waals surface area contributed by atoms with E-state index in [2.05, 4.69) is 10.2 Å². The van der Waals surface area contributed by atoms with E-state index in [1.54, 1.807) is 12.3 Å². The highest BCUT2D eigenvalue weighted by Crippen LogP contribution is 2.60. The molecule has 4 aliphatic rings. The maximum Gasteiger partial charge on any atom is 0.274 e. The first-order chi connectivity index (χ1) is 12.1. The van der Waals surface area contributed by atoms with Crippen molar-refractivity contribution in [2.75, 3.05) is 13.6 Å². The lowest BCUT2D eigenvalue weighted by Crippen LogP contribution is -2.51. The summed E-state index contributed by atoms with van der Waals surface area (Å²) in [5.74, 6) is 3.43. The molecular formula is C20H25N3O2. The van der Waals surface area contributed by atoms with Crippen molar-refractivity contribution < 1.29 is 9.21 Å². The highest BCUT2D eigenvalue weighted by atomic mass is 16.3. The Kier molecular flexibility index (Phi) is 3.34. The van der Waals surface area contributed by atoms with Crippen LogP contribution in [0.4, 0.5) is 0 Å². The van der Waals surface area contributed by atoms with Gasteiger partial charge in [-0.05, 0) is 73.8 Å². The minimum Gasteiger partial charge on any atom is -0.463 e. The molecule has 0 radical (unpaired) electrons. The molecule has 25 heavy (non-hydrogen) atoms.